The number of hydrogen-bond donors (Lipinski definition) is 1. The Labute approximate surface area is 124 Å². The number of hydrogen-bond acceptors (Lipinski definition) is 6. The summed E-state index contributed by atoms with van der Waals surface area (Å²) in [4.78, 5) is 0. The van der Waals surface area contributed by atoms with Crippen LogP contribution in [0.3, 0.4) is 0 Å². The molecule has 0 saturated carbocycles. The molecule has 7 nitrogen and oxygen atoms in total. The minimum Gasteiger partial charge on any atom is -0.360 e. The summed E-state index contributed by atoms with van der Waals surface area (Å²) in [5.74, 6) is 1.32. The maximum absolute atomic E-state index is 9.42. The van der Waals surface area contributed by atoms with E-state index in [-0.39, 0.29) is 0 Å². The lowest BCUT2D eigenvalue weighted by molar-refractivity contribution is 0.706. The molecule has 2 aromatic heterocycles. The van der Waals surface area contributed by atoms with Crippen LogP contribution >= 0.6 is 0 Å². The third kappa shape index (κ3) is 2.99. The lowest BCUT2D eigenvalue weighted by Gasteiger charge is -2.12. The van der Waals surface area contributed by atoms with Gasteiger partial charge in [-0.3, -0.25) is 0 Å². The fraction of sp³-hybridized carbons (Fsp3) is 0.500. The third-order valence-corrected chi connectivity index (χ3v) is 3.41. The first kappa shape index (κ1) is 14.9. The van der Waals surface area contributed by atoms with Gasteiger partial charge in [-0.2, -0.15) is 10.4 Å². The number of rotatable bonds is 6. The highest BCUT2D eigenvalue weighted by Gasteiger charge is 2.14. The average molecular weight is 285 g/mol. The van der Waals surface area contributed by atoms with E-state index >= 15 is 0 Å². The highest BCUT2D eigenvalue weighted by Crippen LogP contribution is 2.20. The summed E-state index contributed by atoms with van der Waals surface area (Å²) < 4.78 is 1.94. The molecule has 2 heterocycles. The predicted octanol–water partition coefficient (Wildman–Crippen LogP) is 1.70. The van der Waals surface area contributed by atoms with Gasteiger partial charge in [0.15, 0.2) is 11.6 Å². The smallest absolute Gasteiger partial charge is 0.167 e. The molecule has 2 rings (SSSR count). The second-order valence-electron chi connectivity index (χ2n) is 4.55. The topological polar surface area (TPSA) is 92.3 Å². The third-order valence-electron chi connectivity index (χ3n) is 3.41. The highest BCUT2D eigenvalue weighted by atomic mass is 15.3. The van der Waals surface area contributed by atoms with Gasteiger partial charge < -0.3 is 9.88 Å². The quantitative estimate of drug-likeness (QED) is 0.868. The van der Waals surface area contributed by atoms with Gasteiger partial charge in [0.2, 0.25) is 0 Å². The standard InChI is InChI=1S/C14H19N7/c1-4-10-11(7-15)14(20-18-12(10)5-2)16-8-13-19-17-9-21(13)6-3/h9H,4-6,8H2,1-3H3,(H,16,20). The molecule has 21 heavy (non-hydrogen) atoms. The van der Waals surface area contributed by atoms with E-state index in [4.69, 9.17) is 0 Å². The molecule has 1 N–H and O–H groups in total. The van der Waals surface area contributed by atoms with Crippen molar-refractivity contribution in [3.05, 3.63) is 29.0 Å². The first-order valence-corrected chi connectivity index (χ1v) is 7.14. The molecular formula is C14H19N7. The lowest BCUT2D eigenvalue weighted by Crippen LogP contribution is -2.12. The summed E-state index contributed by atoms with van der Waals surface area (Å²) in [6.07, 6.45) is 3.22. The van der Waals surface area contributed by atoms with Crippen LogP contribution < -0.4 is 5.32 Å². The fourth-order valence-electron chi connectivity index (χ4n) is 2.26. The number of anilines is 1. The molecule has 0 fully saturated rings. The zero-order chi connectivity index (χ0) is 15.2. The van der Waals surface area contributed by atoms with Crippen LogP contribution in [0.1, 0.15) is 43.4 Å². The number of aryl methyl sites for hydroxylation is 2. The summed E-state index contributed by atoms with van der Waals surface area (Å²) in [5.41, 5.74) is 2.43. The Morgan fingerprint density at radius 2 is 2.00 bits per heavy atom. The second kappa shape index (κ2) is 6.79. The minimum atomic E-state index is 0.464. The van der Waals surface area contributed by atoms with Crippen LogP contribution in [0, 0.1) is 11.3 Å². The first-order valence-electron chi connectivity index (χ1n) is 7.14. The van der Waals surface area contributed by atoms with Crippen LogP contribution in [-0.2, 0) is 25.9 Å². The molecule has 0 radical (unpaired) electrons. The normalized spacial score (nSPS) is 10.4. The predicted molar refractivity (Wildman–Crippen MR) is 78.5 cm³/mol. The second-order valence-corrected chi connectivity index (χ2v) is 4.55. The maximum Gasteiger partial charge on any atom is 0.167 e. The van der Waals surface area contributed by atoms with Crippen molar-refractivity contribution in [1.29, 1.82) is 5.26 Å². The first-order chi connectivity index (χ1) is 10.2. The van der Waals surface area contributed by atoms with Gasteiger partial charge in [0, 0.05) is 6.54 Å². The van der Waals surface area contributed by atoms with Crippen molar-refractivity contribution in [2.45, 2.75) is 46.7 Å². The van der Waals surface area contributed by atoms with E-state index in [1.807, 2.05) is 25.3 Å². The summed E-state index contributed by atoms with van der Waals surface area (Å²) in [5, 5.41) is 28.9. The van der Waals surface area contributed by atoms with Crippen LogP contribution in [-0.4, -0.2) is 25.0 Å². The van der Waals surface area contributed by atoms with Crippen molar-refractivity contribution < 1.29 is 0 Å². The van der Waals surface area contributed by atoms with Crippen LogP contribution in [0.2, 0.25) is 0 Å². The number of nitrogens with one attached hydrogen (secondary N) is 1. The molecule has 0 spiro atoms. The van der Waals surface area contributed by atoms with Gasteiger partial charge in [-0.25, -0.2) is 0 Å². The van der Waals surface area contributed by atoms with Gasteiger partial charge in [-0.05, 0) is 25.3 Å². The van der Waals surface area contributed by atoms with E-state index in [1.54, 1.807) is 6.33 Å². The van der Waals surface area contributed by atoms with Crippen LogP contribution in [0.25, 0.3) is 0 Å². The van der Waals surface area contributed by atoms with E-state index in [2.05, 4.69) is 31.8 Å². The van der Waals surface area contributed by atoms with E-state index in [1.165, 1.54) is 0 Å². The molecule has 0 aromatic carbocycles. The van der Waals surface area contributed by atoms with Crippen molar-refractivity contribution in [2.24, 2.45) is 0 Å². The largest absolute Gasteiger partial charge is 0.360 e. The molecule has 2 aromatic rings. The average Bonchev–Trinajstić information content (AvgIpc) is 2.99. The maximum atomic E-state index is 9.42. The summed E-state index contributed by atoms with van der Waals surface area (Å²) in [6.45, 7) is 7.33. The van der Waals surface area contributed by atoms with Crippen molar-refractivity contribution in [1.82, 2.24) is 25.0 Å². The molecule has 0 bridgehead atoms. The van der Waals surface area contributed by atoms with Gasteiger partial charge in [0.1, 0.15) is 18.0 Å². The summed E-state index contributed by atoms with van der Waals surface area (Å²) in [6, 6.07) is 2.24. The molecule has 0 aliphatic carbocycles. The van der Waals surface area contributed by atoms with Gasteiger partial charge in [-0.15, -0.1) is 15.3 Å². The van der Waals surface area contributed by atoms with E-state index < -0.39 is 0 Å². The molecule has 0 aliphatic heterocycles. The summed E-state index contributed by atoms with van der Waals surface area (Å²) in [7, 11) is 0. The van der Waals surface area contributed by atoms with Gasteiger partial charge >= 0.3 is 0 Å². The van der Waals surface area contributed by atoms with Crippen LogP contribution in [0.15, 0.2) is 6.33 Å². The minimum absolute atomic E-state index is 0.464. The molecular weight excluding hydrogens is 266 g/mol. The molecule has 0 amide bonds. The lowest BCUT2D eigenvalue weighted by atomic mass is 10.0. The SMILES string of the molecule is CCc1nnc(NCc2nncn2CC)c(C#N)c1CC. The summed E-state index contributed by atoms with van der Waals surface area (Å²) >= 11 is 0. The monoisotopic (exact) mass is 285 g/mol. The molecule has 7 heteroatoms. The van der Waals surface area contributed by atoms with Crippen molar-refractivity contribution in [3.8, 4) is 6.07 Å². The number of nitrogens with zero attached hydrogens (tertiary/aromatic N) is 6. The molecule has 0 saturated heterocycles. The Kier molecular flexibility index (Phi) is 4.82. The van der Waals surface area contributed by atoms with Crippen molar-refractivity contribution in [3.63, 3.8) is 0 Å². The number of aromatic nitrogens is 5. The zero-order valence-corrected chi connectivity index (χ0v) is 12.6. The zero-order valence-electron chi connectivity index (χ0n) is 12.6. The molecule has 0 unspecified atom stereocenters. The van der Waals surface area contributed by atoms with E-state index in [9.17, 15) is 5.26 Å². The van der Waals surface area contributed by atoms with Gasteiger partial charge in [0.25, 0.3) is 0 Å². The fourth-order valence-corrected chi connectivity index (χ4v) is 2.26. The Hall–Kier alpha value is -2.49. The van der Waals surface area contributed by atoms with Gasteiger partial charge in [-0.1, -0.05) is 13.8 Å². The van der Waals surface area contributed by atoms with Crippen molar-refractivity contribution >= 4 is 5.82 Å². The van der Waals surface area contributed by atoms with Crippen molar-refractivity contribution in [2.75, 3.05) is 5.32 Å². The van der Waals surface area contributed by atoms with E-state index in [0.29, 0.717) is 17.9 Å². The molecule has 0 aliphatic rings. The Morgan fingerprint density at radius 3 is 2.62 bits per heavy atom. The Morgan fingerprint density at radius 1 is 1.19 bits per heavy atom. The number of nitriles is 1. The molecule has 0 atom stereocenters. The Balaban J connectivity index is 2.26. The van der Waals surface area contributed by atoms with Crippen LogP contribution in [0.4, 0.5) is 5.82 Å². The van der Waals surface area contributed by atoms with E-state index in [0.717, 1.165) is 36.5 Å². The highest BCUT2D eigenvalue weighted by molar-refractivity contribution is 5.56. The van der Waals surface area contributed by atoms with Gasteiger partial charge in [0.05, 0.1) is 12.2 Å². The Bertz CT molecular complexity index is 654. The van der Waals surface area contributed by atoms with Crippen LogP contribution in [0.5, 0.6) is 0 Å². The molecule has 110 valence electrons.